The Morgan fingerprint density at radius 1 is 1.21 bits per heavy atom. The molecular formula is C21H25N4O2P. The van der Waals surface area contributed by atoms with Gasteiger partial charge in [-0.1, -0.05) is 32.5 Å². The number of pyridine rings is 1. The molecule has 0 radical (unpaired) electrons. The van der Waals surface area contributed by atoms with Gasteiger partial charge in [0.2, 0.25) is 0 Å². The number of hydrogen-bond donors (Lipinski definition) is 1. The highest BCUT2D eigenvalue weighted by atomic mass is 31.1. The molecule has 0 aliphatic heterocycles. The summed E-state index contributed by atoms with van der Waals surface area (Å²) in [5, 5.41) is 8.67. The van der Waals surface area contributed by atoms with E-state index in [9.17, 15) is 4.79 Å². The molecule has 146 valence electrons. The molecule has 0 saturated carbocycles. The highest BCUT2D eigenvalue weighted by Crippen LogP contribution is 2.29. The Bertz CT molecular complexity index is 1050. The lowest BCUT2D eigenvalue weighted by atomic mass is 10.1. The summed E-state index contributed by atoms with van der Waals surface area (Å²) < 4.78 is 6.81. The van der Waals surface area contributed by atoms with Crippen molar-refractivity contribution in [2.24, 2.45) is 0 Å². The summed E-state index contributed by atoms with van der Waals surface area (Å²) in [6, 6.07) is 10.1. The van der Waals surface area contributed by atoms with Gasteiger partial charge in [-0.3, -0.25) is 10.3 Å². The van der Waals surface area contributed by atoms with E-state index >= 15 is 0 Å². The number of nitrogens with zero attached hydrogens (tertiary/aromatic N) is 3. The third-order valence-electron chi connectivity index (χ3n) is 4.16. The number of fused-ring (bicyclic) bond motifs is 1. The minimum absolute atomic E-state index is 0.512. The second-order valence-electron chi connectivity index (χ2n) is 7.48. The number of carbonyl (C=O) groups is 1. The predicted molar refractivity (Wildman–Crippen MR) is 115 cm³/mol. The SMILES string of the molecule is CN/C(=P/C)c1ccc(-c2nn(C(=O)OC(C)(C)C)c3cnc(C)cc23)cc1. The van der Waals surface area contributed by atoms with Crippen molar-refractivity contribution in [3.05, 3.63) is 47.8 Å². The maximum Gasteiger partial charge on any atom is 0.435 e. The van der Waals surface area contributed by atoms with E-state index in [1.54, 1.807) is 6.20 Å². The second kappa shape index (κ2) is 7.82. The highest BCUT2D eigenvalue weighted by molar-refractivity contribution is 7.40. The van der Waals surface area contributed by atoms with E-state index in [-0.39, 0.29) is 0 Å². The molecule has 1 N–H and O–H groups in total. The fourth-order valence-corrected chi connectivity index (χ4v) is 3.58. The quantitative estimate of drug-likeness (QED) is 0.662. The van der Waals surface area contributed by atoms with E-state index in [2.05, 4.69) is 34.2 Å². The van der Waals surface area contributed by atoms with E-state index in [1.165, 1.54) is 12.9 Å². The van der Waals surface area contributed by atoms with E-state index in [1.807, 2.05) is 52.9 Å². The summed E-state index contributed by atoms with van der Waals surface area (Å²) in [5.74, 6) is 0. The number of hydrogen-bond acceptors (Lipinski definition) is 4. The summed E-state index contributed by atoms with van der Waals surface area (Å²) >= 11 is 0. The van der Waals surface area contributed by atoms with E-state index in [0.717, 1.165) is 33.3 Å². The Morgan fingerprint density at radius 3 is 2.46 bits per heavy atom. The van der Waals surface area contributed by atoms with Crippen molar-refractivity contribution in [2.45, 2.75) is 33.3 Å². The molecule has 0 unspecified atom stereocenters. The van der Waals surface area contributed by atoms with Crippen molar-refractivity contribution < 1.29 is 9.53 Å². The molecule has 2 heterocycles. The van der Waals surface area contributed by atoms with Crippen LogP contribution in [0.3, 0.4) is 0 Å². The largest absolute Gasteiger partial charge is 0.442 e. The predicted octanol–water partition coefficient (Wildman–Crippen LogP) is 4.46. The van der Waals surface area contributed by atoms with Crippen LogP contribution < -0.4 is 5.32 Å². The number of aryl methyl sites for hydroxylation is 1. The van der Waals surface area contributed by atoms with Gasteiger partial charge in [0.15, 0.2) is 0 Å². The standard InChI is InChI=1S/C21H25N4O2P/c1-13-11-16-17(12-23-13)25(20(26)27-21(2,3)4)24-18(16)14-7-9-15(10-8-14)19(22-5)28-6/h7-12,22H,1-6H3. The zero-order valence-corrected chi connectivity index (χ0v) is 18.0. The van der Waals surface area contributed by atoms with Crippen LogP contribution in [0.5, 0.6) is 0 Å². The minimum Gasteiger partial charge on any atom is -0.442 e. The lowest BCUT2D eigenvalue weighted by Gasteiger charge is -2.19. The van der Waals surface area contributed by atoms with Gasteiger partial charge in [0.25, 0.3) is 0 Å². The molecule has 0 aliphatic carbocycles. The van der Waals surface area contributed by atoms with Crippen LogP contribution in [0.1, 0.15) is 32.0 Å². The molecule has 28 heavy (non-hydrogen) atoms. The third-order valence-corrected chi connectivity index (χ3v) is 5.09. The van der Waals surface area contributed by atoms with Gasteiger partial charge in [0.05, 0.1) is 11.7 Å². The van der Waals surface area contributed by atoms with Crippen LogP contribution in [0.25, 0.3) is 22.2 Å². The average Bonchev–Trinajstić information content (AvgIpc) is 3.01. The summed E-state index contributed by atoms with van der Waals surface area (Å²) in [5.41, 5.74) is 4.84. The van der Waals surface area contributed by atoms with Crippen LogP contribution in [0.2, 0.25) is 0 Å². The first-order valence-corrected chi connectivity index (χ1v) is 10.4. The van der Waals surface area contributed by atoms with Crippen molar-refractivity contribution in [1.82, 2.24) is 20.1 Å². The van der Waals surface area contributed by atoms with Gasteiger partial charge in [-0.05, 0) is 53.0 Å². The van der Waals surface area contributed by atoms with Gasteiger partial charge in [0.1, 0.15) is 11.3 Å². The molecule has 0 aliphatic rings. The van der Waals surface area contributed by atoms with Gasteiger partial charge >= 0.3 is 6.09 Å². The summed E-state index contributed by atoms with van der Waals surface area (Å²) in [6.45, 7) is 9.52. The number of benzene rings is 1. The van der Waals surface area contributed by atoms with E-state index < -0.39 is 11.7 Å². The highest BCUT2D eigenvalue weighted by Gasteiger charge is 2.23. The van der Waals surface area contributed by atoms with Gasteiger partial charge in [-0.2, -0.15) is 9.78 Å². The van der Waals surface area contributed by atoms with Gasteiger partial charge in [0, 0.05) is 22.1 Å². The number of aromatic nitrogens is 3. The van der Waals surface area contributed by atoms with Crippen LogP contribution in [-0.4, -0.2) is 45.6 Å². The van der Waals surface area contributed by atoms with Crippen molar-refractivity contribution in [1.29, 1.82) is 0 Å². The van der Waals surface area contributed by atoms with Crippen molar-refractivity contribution in [3.63, 3.8) is 0 Å². The smallest absolute Gasteiger partial charge is 0.435 e. The molecule has 0 atom stereocenters. The summed E-state index contributed by atoms with van der Waals surface area (Å²) in [4.78, 5) is 17.0. The van der Waals surface area contributed by atoms with Crippen LogP contribution in [0, 0.1) is 6.92 Å². The number of nitrogens with one attached hydrogen (secondary N) is 1. The molecule has 0 spiro atoms. The molecule has 0 amide bonds. The van der Waals surface area contributed by atoms with Gasteiger partial charge in [-0.25, -0.2) is 4.79 Å². The monoisotopic (exact) mass is 396 g/mol. The number of carbonyl (C=O) groups excluding carboxylic acids is 1. The molecule has 0 fully saturated rings. The van der Waals surface area contributed by atoms with Crippen molar-refractivity contribution in [3.8, 4) is 11.3 Å². The zero-order valence-electron chi connectivity index (χ0n) is 17.1. The Kier molecular flexibility index (Phi) is 5.64. The Balaban J connectivity index is 2.11. The molecule has 3 rings (SSSR count). The van der Waals surface area contributed by atoms with E-state index in [0.29, 0.717) is 5.52 Å². The Morgan fingerprint density at radius 2 is 1.89 bits per heavy atom. The fourth-order valence-electron chi connectivity index (χ4n) is 2.95. The second-order valence-corrected chi connectivity index (χ2v) is 8.38. The zero-order chi connectivity index (χ0) is 20.5. The molecular weight excluding hydrogens is 371 g/mol. The van der Waals surface area contributed by atoms with Crippen LogP contribution >= 0.6 is 8.20 Å². The Labute approximate surface area is 166 Å². The topological polar surface area (TPSA) is 69.0 Å². The molecule has 1 aromatic carbocycles. The first kappa shape index (κ1) is 20.2. The average molecular weight is 396 g/mol. The van der Waals surface area contributed by atoms with Gasteiger partial charge < -0.3 is 4.74 Å². The molecule has 7 heteroatoms. The molecule has 0 bridgehead atoms. The lowest BCUT2D eigenvalue weighted by Crippen LogP contribution is -2.27. The molecule has 2 aromatic heterocycles. The maximum absolute atomic E-state index is 12.7. The lowest BCUT2D eigenvalue weighted by molar-refractivity contribution is 0.0523. The van der Waals surface area contributed by atoms with E-state index in [4.69, 9.17) is 4.74 Å². The molecule has 0 saturated heterocycles. The van der Waals surface area contributed by atoms with Crippen LogP contribution in [-0.2, 0) is 4.74 Å². The first-order chi connectivity index (χ1) is 13.2. The molecule has 6 nitrogen and oxygen atoms in total. The number of rotatable bonds is 3. The summed E-state index contributed by atoms with van der Waals surface area (Å²) in [6.07, 6.45) is 1.16. The first-order valence-electron chi connectivity index (χ1n) is 9.07. The maximum atomic E-state index is 12.7. The number of ether oxygens (including phenoxy) is 1. The normalized spacial score (nSPS) is 12.4. The minimum atomic E-state index is -0.603. The van der Waals surface area contributed by atoms with Crippen molar-refractivity contribution in [2.75, 3.05) is 13.7 Å². The van der Waals surface area contributed by atoms with Crippen molar-refractivity contribution >= 4 is 30.6 Å². The van der Waals surface area contributed by atoms with Crippen LogP contribution in [0.4, 0.5) is 4.79 Å². The van der Waals surface area contributed by atoms with Crippen LogP contribution in [0.15, 0.2) is 36.5 Å². The summed E-state index contributed by atoms with van der Waals surface area (Å²) in [7, 11) is 3.09. The van der Waals surface area contributed by atoms with Gasteiger partial charge in [-0.15, -0.1) is 0 Å². The molecule has 3 aromatic rings. The Hall–Kier alpha value is -2.56. The third kappa shape index (κ3) is 4.13. The fraction of sp³-hybridized carbons (Fsp3) is 0.333.